The molecule has 0 spiro atoms. The van der Waals surface area contributed by atoms with Gasteiger partial charge in [0.05, 0.1) is 4.92 Å². The number of halogens is 1. The van der Waals surface area contributed by atoms with Gasteiger partial charge in [0, 0.05) is 31.3 Å². The van der Waals surface area contributed by atoms with Crippen LogP contribution in [0.1, 0.15) is 12.0 Å². The maximum absolute atomic E-state index is 13.2. The van der Waals surface area contributed by atoms with Crippen LogP contribution >= 0.6 is 0 Å². The summed E-state index contributed by atoms with van der Waals surface area (Å²) in [5.41, 5.74) is 0.440. The Hall–Kier alpha value is -1.53. The van der Waals surface area contributed by atoms with E-state index in [0.717, 1.165) is 38.7 Å². The topological polar surface area (TPSA) is 58.4 Å². The fraction of sp³-hybridized carbons (Fsp3) is 0.500. The average Bonchev–Trinajstić information content (AvgIpc) is 2.57. The molecule has 0 amide bonds. The number of nitrogens with one attached hydrogen (secondary N) is 1. The molecule has 1 fully saturated rings. The number of benzene rings is 1. The second-order valence-electron chi connectivity index (χ2n) is 4.41. The molecule has 1 aromatic carbocycles. The van der Waals surface area contributed by atoms with Crippen LogP contribution in [0.15, 0.2) is 18.2 Å². The highest BCUT2D eigenvalue weighted by atomic mass is 19.1. The van der Waals surface area contributed by atoms with E-state index in [0.29, 0.717) is 12.1 Å². The number of hydrogen-bond donors (Lipinski definition) is 1. The second-order valence-corrected chi connectivity index (χ2v) is 4.41. The average molecular weight is 253 g/mol. The third-order valence-corrected chi connectivity index (χ3v) is 3.06. The Bertz CT molecular complexity index is 431. The Kier molecular flexibility index (Phi) is 4.22. The minimum Gasteiger partial charge on any atom is -0.315 e. The first-order valence-electron chi connectivity index (χ1n) is 6.03. The lowest BCUT2D eigenvalue weighted by Gasteiger charge is -2.19. The molecule has 0 atom stereocenters. The summed E-state index contributed by atoms with van der Waals surface area (Å²) in [5, 5.41) is 14.2. The molecule has 1 aliphatic rings. The lowest BCUT2D eigenvalue weighted by Crippen LogP contribution is -2.28. The molecule has 0 aromatic heterocycles. The maximum atomic E-state index is 13.2. The fourth-order valence-electron chi connectivity index (χ4n) is 2.16. The van der Waals surface area contributed by atoms with Crippen molar-refractivity contribution < 1.29 is 9.31 Å². The molecule has 2 rings (SSSR count). The van der Waals surface area contributed by atoms with E-state index in [1.807, 2.05) is 0 Å². The van der Waals surface area contributed by atoms with Gasteiger partial charge in [-0.1, -0.05) is 0 Å². The first kappa shape index (κ1) is 12.9. The molecule has 1 aliphatic heterocycles. The van der Waals surface area contributed by atoms with Crippen molar-refractivity contribution in [3.8, 4) is 0 Å². The SMILES string of the molecule is O=[N+]([O-])c1ccc(F)cc1CN1CCCNCC1. The molecule has 0 radical (unpaired) electrons. The summed E-state index contributed by atoms with van der Waals surface area (Å²) in [4.78, 5) is 12.6. The van der Waals surface area contributed by atoms with E-state index in [1.165, 1.54) is 12.1 Å². The summed E-state index contributed by atoms with van der Waals surface area (Å²) < 4.78 is 13.2. The van der Waals surface area contributed by atoms with Crippen molar-refractivity contribution in [1.29, 1.82) is 0 Å². The molecule has 1 N–H and O–H groups in total. The van der Waals surface area contributed by atoms with E-state index in [-0.39, 0.29) is 5.69 Å². The highest BCUT2D eigenvalue weighted by molar-refractivity contribution is 5.40. The van der Waals surface area contributed by atoms with E-state index < -0.39 is 10.7 Å². The summed E-state index contributed by atoms with van der Waals surface area (Å²) in [5.74, 6) is -0.427. The maximum Gasteiger partial charge on any atom is 0.274 e. The van der Waals surface area contributed by atoms with Gasteiger partial charge in [0.15, 0.2) is 0 Å². The highest BCUT2D eigenvalue weighted by Gasteiger charge is 2.18. The van der Waals surface area contributed by atoms with Crippen LogP contribution in [0.3, 0.4) is 0 Å². The van der Waals surface area contributed by atoms with Crippen molar-refractivity contribution in [1.82, 2.24) is 10.2 Å². The van der Waals surface area contributed by atoms with Crippen molar-refractivity contribution in [2.24, 2.45) is 0 Å². The molecule has 0 saturated carbocycles. The van der Waals surface area contributed by atoms with Crippen molar-refractivity contribution in [2.45, 2.75) is 13.0 Å². The quantitative estimate of drug-likeness (QED) is 0.655. The van der Waals surface area contributed by atoms with Gasteiger partial charge in [-0.25, -0.2) is 4.39 Å². The van der Waals surface area contributed by atoms with Crippen molar-refractivity contribution >= 4 is 5.69 Å². The molecule has 1 aromatic rings. The summed E-state index contributed by atoms with van der Waals surface area (Å²) in [6, 6.07) is 3.63. The van der Waals surface area contributed by atoms with E-state index in [1.54, 1.807) is 0 Å². The second kappa shape index (κ2) is 5.88. The Morgan fingerprint density at radius 1 is 1.39 bits per heavy atom. The third-order valence-electron chi connectivity index (χ3n) is 3.06. The minimum atomic E-state index is -0.454. The number of nitro groups is 1. The van der Waals surface area contributed by atoms with Gasteiger partial charge in [-0.05, 0) is 31.6 Å². The van der Waals surface area contributed by atoms with Gasteiger partial charge in [-0.15, -0.1) is 0 Å². The highest BCUT2D eigenvalue weighted by Crippen LogP contribution is 2.21. The summed E-state index contributed by atoms with van der Waals surface area (Å²) in [6.45, 7) is 3.95. The largest absolute Gasteiger partial charge is 0.315 e. The summed E-state index contributed by atoms with van der Waals surface area (Å²) >= 11 is 0. The first-order chi connectivity index (χ1) is 8.66. The molecule has 0 aliphatic carbocycles. The van der Waals surface area contributed by atoms with Crippen molar-refractivity contribution in [3.05, 3.63) is 39.7 Å². The zero-order chi connectivity index (χ0) is 13.0. The molecule has 1 saturated heterocycles. The van der Waals surface area contributed by atoms with Crippen LogP contribution < -0.4 is 5.32 Å². The van der Waals surface area contributed by atoms with Crippen molar-refractivity contribution in [2.75, 3.05) is 26.2 Å². The van der Waals surface area contributed by atoms with Gasteiger partial charge in [-0.3, -0.25) is 15.0 Å². The number of rotatable bonds is 3. The van der Waals surface area contributed by atoms with Crippen LogP contribution in [0, 0.1) is 15.9 Å². The van der Waals surface area contributed by atoms with Crippen LogP contribution in [0.4, 0.5) is 10.1 Å². The smallest absolute Gasteiger partial charge is 0.274 e. The first-order valence-corrected chi connectivity index (χ1v) is 6.03. The Morgan fingerprint density at radius 3 is 3.00 bits per heavy atom. The minimum absolute atomic E-state index is 0.00592. The third kappa shape index (κ3) is 3.24. The van der Waals surface area contributed by atoms with Crippen LogP contribution in [0.5, 0.6) is 0 Å². The van der Waals surface area contributed by atoms with Gasteiger partial charge in [0.25, 0.3) is 5.69 Å². The molecule has 1 heterocycles. The molecule has 5 nitrogen and oxygen atoms in total. The predicted octanol–water partition coefficient (Wildman–Crippen LogP) is 1.53. The van der Waals surface area contributed by atoms with Gasteiger partial charge >= 0.3 is 0 Å². The molecule has 0 bridgehead atoms. The number of nitro benzene ring substituents is 1. The van der Waals surface area contributed by atoms with Crippen LogP contribution in [-0.2, 0) is 6.54 Å². The lowest BCUT2D eigenvalue weighted by molar-refractivity contribution is -0.385. The molecule has 18 heavy (non-hydrogen) atoms. The number of hydrogen-bond acceptors (Lipinski definition) is 4. The predicted molar refractivity (Wildman–Crippen MR) is 65.8 cm³/mol. The molecule has 0 unspecified atom stereocenters. The van der Waals surface area contributed by atoms with E-state index in [9.17, 15) is 14.5 Å². The van der Waals surface area contributed by atoms with Crippen LogP contribution in [-0.4, -0.2) is 36.0 Å². The Labute approximate surface area is 105 Å². The summed E-state index contributed by atoms with van der Waals surface area (Å²) in [6.07, 6.45) is 1.00. The van der Waals surface area contributed by atoms with E-state index in [4.69, 9.17) is 0 Å². The molecular weight excluding hydrogens is 237 g/mol. The standard InChI is InChI=1S/C12H16FN3O2/c13-11-2-3-12(16(17)18)10(8-11)9-15-6-1-4-14-5-7-15/h2-3,8,14H,1,4-7,9H2. The van der Waals surface area contributed by atoms with Gasteiger partial charge < -0.3 is 5.32 Å². The summed E-state index contributed by atoms with van der Waals surface area (Å²) in [7, 11) is 0. The van der Waals surface area contributed by atoms with Crippen LogP contribution in [0.25, 0.3) is 0 Å². The molecule has 6 heteroatoms. The van der Waals surface area contributed by atoms with Crippen LogP contribution in [0.2, 0.25) is 0 Å². The molecule has 98 valence electrons. The van der Waals surface area contributed by atoms with E-state index >= 15 is 0 Å². The van der Waals surface area contributed by atoms with Gasteiger partial charge in [0.2, 0.25) is 0 Å². The zero-order valence-electron chi connectivity index (χ0n) is 10.1. The normalized spacial score (nSPS) is 17.4. The Morgan fingerprint density at radius 2 is 2.22 bits per heavy atom. The lowest BCUT2D eigenvalue weighted by atomic mass is 10.1. The van der Waals surface area contributed by atoms with E-state index in [2.05, 4.69) is 10.2 Å². The monoisotopic (exact) mass is 253 g/mol. The number of nitrogens with zero attached hydrogens (tertiary/aromatic N) is 2. The zero-order valence-corrected chi connectivity index (χ0v) is 10.1. The van der Waals surface area contributed by atoms with Gasteiger partial charge in [0.1, 0.15) is 5.82 Å². The van der Waals surface area contributed by atoms with Gasteiger partial charge in [-0.2, -0.15) is 0 Å². The molecular formula is C12H16FN3O2. The fourth-order valence-corrected chi connectivity index (χ4v) is 2.16. The Balaban J connectivity index is 2.15. The van der Waals surface area contributed by atoms with Crippen molar-refractivity contribution in [3.63, 3.8) is 0 Å².